The van der Waals surface area contributed by atoms with Gasteiger partial charge in [0.2, 0.25) is 0 Å². The molecule has 0 aromatic heterocycles. The second kappa shape index (κ2) is 7.82. The van der Waals surface area contributed by atoms with Gasteiger partial charge in [-0.1, -0.05) is 13.3 Å². The first-order valence-corrected chi connectivity index (χ1v) is 5.70. The summed E-state index contributed by atoms with van der Waals surface area (Å²) >= 11 is 1.47. The van der Waals surface area contributed by atoms with Crippen molar-refractivity contribution < 1.29 is 14.7 Å². The zero-order valence-corrected chi connectivity index (χ0v) is 9.13. The number of aliphatic carboxylic acids is 1. The summed E-state index contributed by atoms with van der Waals surface area (Å²) in [5.74, 6) is -0.618. The summed E-state index contributed by atoms with van der Waals surface area (Å²) in [7, 11) is 0. The van der Waals surface area contributed by atoms with Gasteiger partial charge in [-0.25, -0.2) is 0 Å². The van der Waals surface area contributed by atoms with Crippen LogP contribution >= 0.6 is 11.8 Å². The molecule has 0 heterocycles. The van der Waals surface area contributed by atoms with Crippen LogP contribution in [0.3, 0.4) is 0 Å². The maximum Gasteiger partial charge on any atom is 0.321 e. The van der Waals surface area contributed by atoms with E-state index in [4.69, 9.17) is 10.8 Å². The normalized spacial score (nSPS) is 14.7. The van der Waals surface area contributed by atoms with Gasteiger partial charge < -0.3 is 15.6 Å². The number of nitrogens with two attached hydrogens (primary N) is 1. The van der Waals surface area contributed by atoms with E-state index in [2.05, 4.69) is 0 Å². The van der Waals surface area contributed by atoms with Gasteiger partial charge in [0.15, 0.2) is 0 Å². The third-order valence-electron chi connectivity index (χ3n) is 1.80. The van der Waals surface area contributed by atoms with Crippen LogP contribution in [0.15, 0.2) is 0 Å². The summed E-state index contributed by atoms with van der Waals surface area (Å²) in [4.78, 5) is 20.7. The molecule has 0 spiro atoms. The summed E-state index contributed by atoms with van der Waals surface area (Å²) in [6.07, 6.45) is 3.27. The lowest BCUT2D eigenvalue weighted by Crippen LogP contribution is -2.33. The van der Waals surface area contributed by atoms with Gasteiger partial charge in [-0.3, -0.25) is 4.79 Å². The summed E-state index contributed by atoms with van der Waals surface area (Å²) in [5, 5.41) is 8.76. The van der Waals surface area contributed by atoms with Crippen molar-refractivity contribution in [1.29, 1.82) is 0 Å². The van der Waals surface area contributed by atoms with Crippen LogP contribution in [0.2, 0.25) is 0 Å². The van der Waals surface area contributed by atoms with Crippen molar-refractivity contribution in [3.05, 3.63) is 0 Å². The SMILES string of the molecule is CCCC(CC=O)SC[C@H](N)C(=O)O. The number of carbonyl (C=O) groups is 2. The number of carbonyl (C=O) groups excluding carboxylic acids is 1. The van der Waals surface area contributed by atoms with Crippen molar-refractivity contribution in [2.75, 3.05) is 5.75 Å². The molecule has 82 valence electrons. The van der Waals surface area contributed by atoms with Crippen molar-refractivity contribution in [1.82, 2.24) is 0 Å². The minimum Gasteiger partial charge on any atom is -0.480 e. The highest BCUT2D eigenvalue weighted by Gasteiger charge is 2.15. The lowest BCUT2D eigenvalue weighted by Gasteiger charge is -2.14. The third kappa shape index (κ3) is 5.99. The average Bonchev–Trinajstić information content (AvgIpc) is 2.14. The Balaban J connectivity index is 3.79. The quantitative estimate of drug-likeness (QED) is 0.593. The molecular formula is C9H17NO3S. The van der Waals surface area contributed by atoms with E-state index >= 15 is 0 Å². The fourth-order valence-electron chi connectivity index (χ4n) is 1.01. The fourth-order valence-corrected chi connectivity index (χ4v) is 2.25. The smallest absolute Gasteiger partial charge is 0.321 e. The van der Waals surface area contributed by atoms with E-state index in [1.54, 1.807) is 0 Å². The molecule has 0 fully saturated rings. The number of carboxylic acids is 1. The van der Waals surface area contributed by atoms with E-state index in [1.807, 2.05) is 6.92 Å². The van der Waals surface area contributed by atoms with Crippen LogP contribution < -0.4 is 5.73 Å². The first-order chi connectivity index (χ1) is 6.61. The maximum absolute atomic E-state index is 10.4. The monoisotopic (exact) mass is 219 g/mol. The molecule has 0 amide bonds. The fraction of sp³-hybridized carbons (Fsp3) is 0.778. The molecule has 0 aliphatic rings. The lowest BCUT2D eigenvalue weighted by molar-refractivity contribution is -0.137. The van der Waals surface area contributed by atoms with Crippen LogP contribution in [0.4, 0.5) is 0 Å². The van der Waals surface area contributed by atoms with Crippen LogP contribution in [0.1, 0.15) is 26.2 Å². The minimum absolute atomic E-state index is 0.211. The first kappa shape index (κ1) is 13.4. The molecule has 0 aliphatic carbocycles. The van der Waals surface area contributed by atoms with Crippen molar-refractivity contribution in [3.63, 3.8) is 0 Å². The number of hydrogen-bond donors (Lipinski definition) is 2. The zero-order chi connectivity index (χ0) is 11.0. The van der Waals surface area contributed by atoms with E-state index < -0.39 is 12.0 Å². The van der Waals surface area contributed by atoms with E-state index in [9.17, 15) is 9.59 Å². The Kier molecular flexibility index (Phi) is 7.51. The van der Waals surface area contributed by atoms with Gasteiger partial charge in [0.05, 0.1) is 0 Å². The number of aldehydes is 1. The van der Waals surface area contributed by atoms with Gasteiger partial charge in [-0.15, -0.1) is 0 Å². The molecule has 4 nitrogen and oxygen atoms in total. The lowest BCUT2D eigenvalue weighted by atomic mass is 10.2. The molecule has 0 bridgehead atoms. The van der Waals surface area contributed by atoms with E-state index in [-0.39, 0.29) is 5.25 Å². The van der Waals surface area contributed by atoms with E-state index in [1.165, 1.54) is 11.8 Å². The molecule has 14 heavy (non-hydrogen) atoms. The Morgan fingerprint density at radius 1 is 1.64 bits per heavy atom. The predicted molar refractivity (Wildman–Crippen MR) is 57.4 cm³/mol. The number of hydrogen-bond acceptors (Lipinski definition) is 4. The number of rotatable bonds is 8. The Labute approximate surface area is 88.2 Å². The molecule has 5 heteroatoms. The summed E-state index contributed by atoms with van der Waals surface area (Å²) in [6, 6.07) is -0.828. The van der Waals surface area contributed by atoms with Gasteiger partial charge in [-0.05, 0) is 6.42 Å². The topological polar surface area (TPSA) is 80.4 Å². The van der Waals surface area contributed by atoms with Crippen molar-refractivity contribution in [2.24, 2.45) is 5.73 Å². The molecule has 0 aromatic rings. The van der Waals surface area contributed by atoms with Gasteiger partial charge in [0.1, 0.15) is 12.3 Å². The molecule has 2 atom stereocenters. The number of thioether (sulfide) groups is 1. The van der Waals surface area contributed by atoms with Crippen molar-refractivity contribution in [3.8, 4) is 0 Å². The third-order valence-corrected chi connectivity index (χ3v) is 3.25. The molecular weight excluding hydrogens is 202 g/mol. The second-order valence-corrected chi connectivity index (χ2v) is 4.42. The summed E-state index contributed by atoms with van der Waals surface area (Å²) in [5.41, 5.74) is 5.35. The Morgan fingerprint density at radius 2 is 2.29 bits per heavy atom. The first-order valence-electron chi connectivity index (χ1n) is 4.65. The van der Waals surface area contributed by atoms with Gasteiger partial charge in [-0.2, -0.15) is 11.8 Å². The Hall–Kier alpha value is -0.550. The average molecular weight is 219 g/mol. The van der Waals surface area contributed by atoms with Gasteiger partial charge >= 0.3 is 5.97 Å². The van der Waals surface area contributed by atoms with Crippen LogP contribution in [0.25, 0.3) is 0 Å². The second-order valence-electron chi connectivity index (χ2n) is 3.09. The predicted octanol–water partition coefficient (Wildman–Crippen LogP) is 0.889. The van der Waals surface area contributed by atoms with Crippen LogP contribution in [-0.2, 0) is 9.59 Å². The Morgan fingerprint density at radius 3 is 2.71 bits per heavy atom. The van der Waals surface area contributed by atoms with E-state index in [0.29, 0.717) is 12.2 Å². The largest absolute Gasteiger partial charge is 0.480 e. The molecule has 1 unspecified atom stereocenters. The van der Waals surface area contributed by atoms with Crippen LogP contribution in [-0.4, -0.2) is 34.4 Å². The van der Waals surface area contributed by atoms with E-state index in [0.717, 1.165) is 19.1 Å². The Bertz CT molecular complexity index is 187. The summed E-state index contributed by atoms with van der Waals surface area (Å²) in [6.45, 7) is 2.04. The van der Waals surface area contributed by atoms with Gasteiger partial charge in [0.25, 0.3) is 0 Å². The zero-order valence-electron chi connectivity index (χ0n) is 8.31. The minimum atomic E-state index is -0.987. The van der Waals surface area contributed by atoms with Crippen molar-refractivity contribution >= 4 is 24.0 Å². The highest BCUT2D eigenvalue weighted by atomic mass is 32.2. The molecule has 0 saturated heterocycles. The highest BCUT2D eigenvalue weighted by Crippen LogP contribution is 2.19. The summed E-state index contributed by atoms with van der Waals surface area (Å²) < 4.78 is 0. The number of carboxylic acid groups (broad SMARTS) is 1. The van der Waals surface area contributed by atoms with Crippen LogP contribution in [0.5, 0.6) is 0 Å². The molecule has 3 N–H and O–H groups in total. The molecule has 0 saturated carbocycles. The molecule has 0 aliphatic heterocycles. The molecule has 0 rings (SSSR count). The molecule has 0 radical (unpaired) electrons. The van der Waals surface area contributed by atoms with Crippen molar-refractivity contribution in [2.45, 2.75) is 37.5 Å². The highest BCUT2D eigenvalue weighted by molar-refractivity contribution is 8.00. The standard InChI is InChI=1S/C9H17NO3S/c1-2-3-7(4-5-11)14-6-8(10)9(12)13/h5,7-8H,2-4,6,10H2,1H3,(H,12,13)/t7?,8-/m0/s1. The van der Waals surface area contributed by atoms with Gasteiger partial charge in [0, 0.05) is 17.4 Å². The molecule has 0 aromatic carbocycles. The maximum atomic E-state index is 10.4. The van der Waals surface area contributed by atoms with Crippen LogP contribution in [0, 0.1) is 0 Å².